The van der Waals surface area contributed by atoms with Crippen molar-refractivity contribution >= 4 is 33.0 Å². The summed E-state index contributed by atoms with van der Waals surface area (Å²) >= 11 is 3.60. The van der Waals surface area contributed by atoms with Crippen LogP contribution in [-0.2, 0) is 6.42 Å². The topological polar surface area (TPSA) is 95.5 Å². The van der Waals surface area contributed by atoms with Crippen molar-refractivity contribution in [3.8, 4) is 0 Å². The summed E-state index contributed by atoms with van der Waals surface area (Å²) in [6, 6.07) is 0.356. The van der Waals surface area contributed by atoms with E-state index >= 15 is 0 Å². The van der Waals surface area contributed by atoms with E-state index in [1.54, 1.807) is 4.52 Å². The highest BCUT2D eigenvalue weighted by Gasteiger charge is 2.22. The Morgan fingerprint density at radius 2 is 2.29 bits per heavy atom. The average Bonchev–Trinajstić information content (AvgIpc) is 3.19. The molecule has 1 fully saturated rings. The van der Waals surface area contributed by atoms with E-state index < -0.39 is 0 Å². The van der Waals surface area contributed by atoms with Gasteiger partial charge in [0, 0.05) is 57.5 Å². The first-order valence-electron chi connectivity index (χ1n) is 8.06. The smallest absolute Gasteiger partial charge is 0.165 e. The van der Waals surface area contributed by atoms with Gasteiger partial charge >= 0.3 is 0 Å². The molecule has 9 heteroatoms. The van der Waals surface area contributed by atoms with Crippen molar-refractivity contribution in [2.75, 3.05) is 39.0 Å². The van der Waals surface area contributed by atoms with E-state index in [-0.39, 0.29) is 0 Å². The second-order valence-electron chi connectivity index (χ2n) is 6.21. The Bertz CT molecular complexity index is 792. The third-order valence-electron chi connectivity index (χ3n) is 4.47. The van der Waals surface area contributed by atoms with Crippen LogP contribution in [0.4, 0.5) is 5.82 Å². The summed E-state index contributed by atoms with van der Waals surface area (Å²) in [7, 11) is 1.98. The summed E-state index contributed by atoms with van der Waals surface area (Å²) in [5, 5.41) is 13.3. The lowest BCUT2D eigenvalue weighted by molar-refractivity contribution is 0.374. The number of aromatic nitrogens is 3. The number of piperazine rings is 1. The van der Waals surface area contributed by atoms with Gasteiger partial charge in [-0.05, 0) is 21.5 Å². The Morgan fingerprint density at radius 3 is 3.00 bits per heavy atom. The maximum absolute atomic E-state index is 6.30. The number of nitrogen functional groups attached to an aromatic ring is 1. The molecule has 0 spiro atoms. The number of rotatable bonds is 3. The van der Waals surface area contributed by atoms with Crippen molar-refractivity contribution < 1.29 is 0 Å². The van der Waals surface area contributed by atoms with Gasteiger partial charge < -0.3 is 21.4 Å². The molecule has 0 amide bonds. The lowest BCUT2D eigenvalue weighted by Crippen LogP contribution is -2.49. The maximum Gasteiger partial charge on any atom is 0.165 e. The Kier molecular flexibility index (Phi) is 4.17. The molecule has 1 atom stereocenters. The molecule has 1 unspecified atom stereocenters. The molecular weight excluding hydrogens is 372 g/mol. The second kappa shape index (κ2) is 6.32. The number of fused-ring (bicyclic) bond motifs is 1. The number of nitrogens with zero attached hydrogens (tertiary/aromatic N) is 4. The lowest BCUT2D eigenvalue weighted by Gasteiger charge is -2.24. The van der Waals surface area contributed by atoms with E-state index in [2.05, 4.69) is 43.3 Å². The molecule has 2 aromatic rings. The predicted octanol–water partition coefficient (Wildman–Crippen LogP) is -0.0312. The van der Waals surface area contributed by atoms with E-state index in [9.17, 15) is 0 Å². The number of nitrogens with two attached hydrogens (primary N) is 1. The van der Waals surface area contributed by atoms with Crippen LogP contribution in [0.1, 0.15) is 11.3 Å². The molecule has 2 aliphatic heterocycles. The van der Waals surface area contributed by atoms with Gasteiger partial charge in [-0.25, -0.2) is 10.4 Å². The fourth-order valence-electron chi connectivity index (χ4n) is 3.20. The Morgan fingerprint density at radius 1 is 1.42 bits per heavy atom. The summed E-state index contributed by atoms with van der Waals surface area (Å²) in [6.07, 6.45) is 4.71. The minimum Gasteiger partial charge on any atom is -0.383 e. The molecular formula is C15H21BrN8. The number of nitrogens with one attached hydrogen (secondary N) is 3. The monoisotopic (exact) mass is 392 g/mol. The summed E-state index contributed by atoms with van der Waals surface area (Å²) in [6.45, 7) is 3.68. The zero-order valence-electron chi connectivity index (χ0n) is 13.5. The minimum absolute atomic E-state index is 0.356. The standard InChI is InChI=1S/C15H21BrN8/c1-23-8-9(5-20-23)11-7-21-24-14(17)13(16)12(22-15(11)24)4-10-6-18-2-3-19-10/h7-8,10,18-20H,2-6,17H2,1H3. The zero-order chi connectivity index (χ0) is 16.7. The van der Waals surface area contributed by atoms with E-state index in [4.69, 9.17) is 10.7 Å². The van der Waals surface area contributed by atoms with Gasteiger partial charge in [0.05, 0.1) is 16.4 Å². The van der Waals surface area contributed by atoms with Gasteiger partial charge in [0.15, 0.2) is 5.65 Å². The van der Waals surface area contributed by atoms with Crippen LogP contribution >= 0.6 is 15.9 Å². The number of hydrazine groups is 1. The van der Waals surface area contributed by atoms with Crippen LogP contribution < -0.4 is 21.8 Å². The Labute approximate surface area is 148 Å². The van der Waals surface area contributed by atoms with Gasteiger partial charge in [-0.3, -0.25) is 0 Å². The molecule has 0 aliphatic carbocycles. The molecule has 4 heterocycles. The van der Waals surface area contributed by atoms with Crippen LogP contribution in [0.25, 0.3) is 11.2 Å². The predicted molar refractivity (Wildman–Crippen MR) is 97.2 cm³/mol. The second-order valence-corrected chi connectivity index (χ2v) is 7.00. The molecule has 4 rings (SSSR count). The van der Waals surface area contributed by atoms with Crippen LogP contribution in [0.2, 0.25) is 0 Å². The highest BCUT2D eigenvalue weighted by molar-refractivity contribution is 9.10. The van der Waals surface area contributed by atoms with Gasteiger partial charge in [-0.2, -0.15) is 9.61 Å². The molecule has 0 bridgehead atoms. The fraction of sp³-hybridized carbons (Fsp3) is 0.467. The summed E-state index contributed by atoms with van der Waals surface area (Å²) in [4.78, 5) is 4.88. The third-order valence-corrected chi connectivity index (χ3v) is 5.33. The van der Waals surface area contributed by atoms with Gasteiger partial charge in [-0.15, -0.1) is 0 Å². The first-order valence-corrected chi connectivity index (χ1v) is 8.86. The van der Waals surface area contributed by atoms with Crippen molar-refractivity contribution in [1.82, 2.24) is 35.7 Å². The normalized spacial score (nSPS) is 21.5. The first-order chi connectivity index (χ1) is 11.6. The van der Waals surface area contributed by atoms with Crippen LogP contribution in [0.5, 0.6) is 0 Å². The highest BCUT2D eigenvalue weighted by Crippen LogP contribution is 2.29. The van der Waals surface area contributed by atoms with E-state index in [0.717, 1.165) is 59.6 Å². The lowest BCUT2D eigenvalue weighted by atomic mass is 10.1. The molecule has 8 nitrogen and oxygen atoms in total. The summed E-state index contributed by atoms with van der Waals surface area (Å²) in [5.41, 5.74) is 13.5. The van der Waals surface area contributed by atoms with Gasteiger partial charge in [0.2, 0.25) is 0 Å². The number of halogens is 1. The highest BCUT2D eigenvalue weighted by atomic mass is 79.9. The molecule has 2 aromatic heterocycles. The molecule has 0 aromatic carbocycles. The molecule has 24 heavy (non-hydrogen) atoms. The van der Waals surface area contributed by atoms with Crippen molar-refractivity contribution in [3.63, 3.8) is 0 Å². The quantitative estimate of drug-likeness (QED) is 0.582. The van der Waals surface area contributed by atoms with Crippen molar-refractivity contribution in [2.45, 2.75) is 12.5 Å². The van der Waals surface area contributed by atoms with Gasteiger partial charge in [0.1, 0.15) is 5.82 Å². The van der Waals surface area contributed by atoms with Crippen molar-refractivity contribution in [1.29, 1.82) is 0 Å². The van der Waals surface area contributed by atoms with Gasteiger partial charge in [0.25, 0.3) is 0 Å². The van der Waals surface area contributed by atoms with Crippen LogP contribution in [-0.4, -0.2) is 58.9 Å². The summed E-state index contributed by atoms with van der Waals surface area (Å²) < 4.78 is 2.53. The van der Waals surface area contributed by atoms with E-state index in [1.807, 2.05) is 18.3 Å². The molecule has 0 saturated carbocycles. The Balaban J connectivity index is 1.74. The largest absolute Gasteiger partial charge is 0.383 e. The number of hydrogen-bond donors (Lipinski definition) is 4. The molecule has 2 aliphatic rings. The molecule has 128 valence electrons. The van der Waals surface area contributed by atoms with Crippen LogP contribution in [0.15, 0.2) is 16.9 Å². The minimum atomic E-state index is 0.356. The van der Waals surface area contributed by atoms with Crippen LogP contribution in [0.3, 0.4) is 0 Å². The molecule has 0 radical (unpaired) electrons. The number of hydrogen-bond acceptors (Lipinski definition) is 7. The number of anilines is 1. The van der Waals surface area contributed by atoms with E-state index in [1.165, 1.54) is 0 Å². The summed E-state index contributed by atoms with van der Waals surface area (Å²) in [5.74, 6) is 0.588. The third kappa shape index (κ3) is 2.77. The maximum atomic E-state index is 6.30. The van der Waals surface area contributed by atoms with Crippen molar-refractivity contribution in [3.05, 3.63) is 28.1 Å². The van der Waals surface area contributed by atoms with Gasteiger partial charge in [-0.1, -0.05) is 0 Å². The molecule has 1 saturated heterocycles. The zero-order valence-corrected chi connectivity index (χ0v) is 15.1. The Hall–Kier alpha value is -1.68. The first kappa shape index (κ1) is 15.8. The van der Waals surface area contributed by atoms with Crippen molar-refractivity contribution in [2.24, 2.45) is 0 Å². The average molecular weight is 393 g/mol. The van der Waals surface area contributed by atoms with Crippen LogP contribution in [0, 0.1) is 0 Å². The SMILES string of the molecule is CN1C=C(c2cnn3c(N)c(Br)c(CC4CNCCN4)nc23)CN1. The fourth-order valence-corrected chi connectivity index (χ4v) is 3.61. The molecule has 5 N–H and O–H groups in total. The van der Waals surface area contributed by atoms with E-state index in [0.29, 0.717) is 11.9 Å².